The summed E-state index contributed by atoms with van der Waals surface area (Å²) in [5.41, 5.74) is 2.09. The van der Waals surface area contributed by atoms with Crippen molar-refractivity contribution >= 4 is 11.9 Å². The minimum Gasteiger partial charge on any atom is -0.478 e. The summed E-state index contributed by atoms with van der Waals surface area (Å²) in [4.78, 5) is 26.2. The molecule has 4 heteroatoms. The number of aryl methyl sites for hydroxylation is 1. The zero-order chi connectivity index (χ0) is 18.6. The second-order valence-electron chi connectivity index (χ2n) is 7.27. The highest BCUT2D eigenvalue weighted by molar-refractivity contribution is 5.89. The molecule has 1 fully saturated rings. The number of rotatable bonds is 6. The molecule has 2 aromatic carbocycles. The van der Waals surface area contributed by atoms with E-state index in [9.17, 15) is 14.7 Å². The molecule has 0 aromatic heterocycles. The number of amides is 1. The van der Waals surface area contributed by atoms with E-state index in [1.807, 2.05) is 29.2 Å². The summed E-state index contributed by atoms with van der Waals surface area (Å²) in [6, 6.07) is 17.2. The van der Waals surface area contributed by atoms with Crippen LogP contribution < -0.4 is 0 Å². The molecule has 0 saturated carbocycles. The van der Waals surface area contributed by atoms with Gasteiger partial charge in [-0.1, -0.05) is 48.5 Å². The molecule has 1 unspecified atom stereocenters. The highest BCUT2D eigenvalue weighted by Gasteiger charge is 2.39. The minimum absolute atomic E-state index is 0.112. The van der Waals surface area contributed by atoms with Crippen molar-refractivity contribution in [3.63, 3.8) is 0 Å². The highest BCUT2D eigenvalue weighted by Crippen LogP contribution is 2.33. The molecule has 26 heavy (non-hydrogen) atoms. The molecule has 0 radical (unpaired) electrons. The summed E-state index contributed by atoms with van der Waals surface area (Å²) < 4.78 is 0. The lowest BCUT2D eigenvalue weighted by Crippen LogP contribution is -2.46. The van der Waals surface area contributed by atoms with Gasteiger partial charge in [-0.2, -0.15) is 0 Å². The summed E-state index contributed by atoms with van der Waals surface area (Å²) in [5.74, 6) is -0.829. The third-order valence-electron chi connectivity index (χ3n) is 5.33. The quantitative estimate of drug-likeness (QED) is 0.857. The molecule has 1 aliphatic rings. The van der Waals surface area contributed by atoms with Crippen LogP contribution in [0.15, 0.2) is 54.6 Å². The van der Waals surface area contributed by atoms with E-state index in [-0.39, 0.29) is 17.0 Å². The van der Waals surface area contributed by atoms with E-state index >= 15 is 0 Å². The predicted molar refractivity (Wildman–Crippen MR) is 101 cm³/mol. The number of carbonyl (C=O) groups is 2. The molecule has 1 amide bonds. The topological polar surface area (TPSA) is 57.6 Å². The fraction of sp³-hybridized carbons (Fsp3) is 0.364. The second-order valence-corrected chi connectivity index (χ2v) is 7.27. The lowest BCUT2D eigenvalue weighted by atomic mass is 9.90. The third-order valence-corrected chi connectivity index (χ3v) is 5.33. The molecular weight excluding hydrogens is 326 g/mol. The van der Waals surface area contributed by atoms with Gasteiger partial charge >= 0.3 is 5.97 Å². The van der Waals surface area contributed by atoms with Crippen molar-refractivity contribution in [1.29, 1.82) is 0 Å². The second kappa shape index (κ2) is 7.73. The molecular formula is C22H25NO3. The molecule has 1 atom stereocenters. The standard InChI is InChI=1S/C22H25NO3/c1-22(16-17-8-3-2-4-9-17)14-7-15-23(22)20(24)13-12-18-10-5-6-11-19(18)21(25)26/h2-6,8-11H,7,12-16H2,1H3,(H,25,26). The number of nitrogens with zero attached hydrogens (tertiary/aromatic N) is 1. The first-order valence-corrected chi connectivity index (χ1v) is 9.15. The first kappa shape index (κ1) is 18.2. The van der Waals surface area contributed by atoms with Gasteiger partial charge in [-0.05, 0) is 49.8 Å². The van der Waals surface area contributed by atoms with Gasteiger partial charge in [0.15, 0.2) is 0 Å². The van der Waals surface area contributed by atoms with Crippen molar-refractivity contribution < 1.29 is 14.7 Å². The smallest absolute Gasteiger partial charge is 0.335 e. The monoisotopic (exact) mass is 351 g/mol. The van der Waals surface area contributed by atoms with Crippen molar-refractivity contribution in [1.82, 2.24) is 4.90 Å². The SMILES string of the molecule is CC1(Cc2ccccc2)CCCN1C(=O)CCc1ccccc1C(=O)O. The fourth-order valence-electron chi connectivity index (χ4n) is 3.99. The Bertz CT molecular complexity index is 787. The molecule has 2 aromatic rings. The first-order chi connectivity index (χ1) is 12.5. The number of carbonyl (C=O) groups excluding carboxylic acids is 1. The summed E-state index contributed by atoms with van der Waals surface area (Å²) in [6.45, 7) is 2.94. The minimum atomic E-state index is -0.942. The average molecular weight is 351 g/mol. The van der Waals surface area contributed by atoms with Gasteiger partial charge in [-0.15, -0.1) is 0 Å². The number of hydrogen-bond donors (Lipinski definition) is 1. The Morgan fingerprint density at radius 3 is 2.50 bits per heavy atom. The van der Waals surface area contributed by atoms with Gasteiger partial charge < -0.3 is 10.0 Å². The number of likely N-dealkylation sites (tertiary alicyclic amines) is 1. The van der Waals surface area contributed by atoms with Gasteiger partial charge in [0.05, 0.1) is 5.56 Å². The Morgan fingerprint density at radius 1 is 1.08 bits per heavy atom. The molecule has 136 valence electrons. The largest absolute Gasteiger partial charge is 0.478 e. The summed E-state index contributed by atoms with van der Waals surface area (Å²) in [6.07, 6.45) is 3.67. The lowest BCUT2D eigenvalue weighted by Gasteiger charge is -2.36. The summed E-state index contributed by atoms with van der Waals surface area (Å²) >= 11 is 0. The van der Waals surface area contributed by atoms with Gasteiger partial charge in [0.25, 0.3) is 0 Å². The maximum Gasteiger partial charge on any atom is 0.335 e. The number of benzene rings is 2. The molecule has 1 heterocycles. The van der Waals surface area contributed by atoms with Crippen LogP contribution in [-0.4, -0.2) is 34.0 Å². The van der Waals surface area contributed by atoms with E-state index in [4.69, 9.17) is 0 Å². The van der Waals surface area contributed by atoms with Crippen LogP contribution in [0, 0.1) is 0 Å². The van der Waals surface area contributed by atoms with Crippen LogP contribution in [0.25, 0.3) is 0 Å². The van der Waals surface area contributed by atoms with Crippen LogP contribution in [0.1, 0.15) is 47.7 Å². The number of aromatic carboxylic acids is 1. The van der Waals surface area contributed by atoms with Gasteiger partial charge in [0.1, 0.15) is 0 Å². The van der Waals surface area contributed by atoms with Crippen LogP contribution in [0.2, 0.25) is 0 Å². The predicted octanol–water partition coefficient (Wildman–Crippen LogP) is 3.94. The van der Waals surface area contributed by atoms with Crippen molar-refractivity contribution in [2.45, 2.75) is 44.6 Å². The Balaban J connectivity index is 1.68. The summed E-state index contributed by atoms with van der Waals surface area (Å²) in [5, 5.41) is 9.29. The zero-order valence-corrected chi connectivity index (χ0v) is 15.1. The van der Waals surface area contributed by atoms with Crippen LogP contribution >= 0.6 is 0 Å². The van der Waals surface area contributed by atoms with Gasteiger partial charge in [-0.3, -0.25) is 4.79 Å². The first-order valence-electron chi connectivity index (χ1n) is 9.15. The van der Waals surface area contributed by atoms with E-state index in [2.05, 4.69) is 19.1 Å². The molecule has 1 saturated heterocycles. The van der Waals surface area contributed by atoms with Gasteiger partial charge in [0, 0.05) is 18.5 Å². The van der Waals surface area contributed by atoms with Crippen molar-refractivity contribution in [3.05, 3.63) is 71.3 Å². The van der Waals surface area contributed by atoms with Crippen molar-refractivity contribution in [2.24, 2.45) is 0 Å². The molecule has 4 nitrogen and oxygen atoms in total. The molecule has 1 aliphatic heterocycles. The van der Waals surface area contributed by atoms with Crippen LogP contribution in [0.3, 0.4) is 0 Å². The van der Waals surface area contributed by atoms with E-state index in [0.717, 1.165) is 31.4 Å². The molecule has 0 aliphatic carbocycles. The molecule has 1 N–H and O–H groups in total. The average Bonchev–Trinajstić information content (AvgIpc) is 3.02. The van der Waals surface area contributed by atoms with Crippen LogP contribution in [-0.2, 0) is 17.6 Å². The number of hydrogen-bond acceptors (Lipinski definition) is 2. The number of carboxylic acid groups (broad SMARTS) is 1. The zero-order valence-electron chi connectivity index (χ0n) is 15.1. The Hall–Kier alpha value is -2.62. The van der Waals surface area contributed by atoms with Crippen LogP contribution in [0.4, 0.5) is 0 Å². The van der Waals surface area contributed by atoms with Crippen molar-refractivity contribution in [2.75, 3.05) is 6.54 Å². The maximum absolute atomic E-state index is 12.9. The van der Waals surface area contributed by atoms with E-state index in [1.165, 1.54) is 5.56 Å². The fourth-order valence-corrected chi connectivity index (χ4v) is 3.99. The Kier molecular flexibility index (Phi) is 5.40. The Morgan fingerprint density at radius 2 is 1.77 bits per heavy atom. The van der Waals surface area contributed by atoms with Crippen LogP contribution in [0.5, 0.6) is 0 Å². The maximum atomic E-state index is 12.9. The van der Waals surface area contributed by atoms with E-state index in [0.29, 0.717) is 12.8 Å². The number of carboxylic acids is 1. The normalized spacial score (nSPS) is 19.5. The molecule has 3 rings (SSSR count). The third kappa shape index (κ3) is 3.96. The van der Waals surface area contributed by atoms with Gasteiger partial charge in [0.2, 0.25) is 5.91 Å². The summed E-state index contributed by atoms with van der Waals surface area (Å²) in [7, 11) is 0. The van der Waals surface area contributed by atoms with E-state index < -0.39 is 5.97 Å². The highest BCUT2D eigenvalue weighted by atomic mass is 16.4. The molecule has 0 spiro atoms. The Labute approximate surface area is 154 Å². The lowest BCUT2D eigenvalue weighted by molar-refractivity contribution is -0.134. The van der Waals surface area contributed by atoms with Crippen molar-refractivity contribution in [3.8, 4) is 0 Å². The van der Waals surface area contributed by atoms with E-state index in [1.54, 1.807) is 18.2 Å². The van der Waals surface area contributed by atoms with Gasteiger partial charge in [-0.25, -0.2) is 4.79 Å². The molecule has 0 bridgehead atoms.